The van der Waals surface area contributed by atoms with E-state index in [1.807, 2.05) is 0 Å². The quantitative estimate of drug-likeness (QED) is 0.692. The number of H-pyrrole nitrogens is 1. The van der Waals surface area contributed by atoms with Gasteiger partial charge in [-0.3, -0.25) is 14.4 Å². The number of hydrogen-bond donors (Lipinski definition) is 2. The summed E-state index contributed by atoms with van der Waals surface area (Å²) < 4.78 is 14.6. The van der Waals surface area contributed by atoms with Crippen LogP contribution in [0.5, 0.6) is 0 Å². The standard InChI is InChI=1S/C19H19FN6O3/c1-11-10-26-16(18(28)21-11)15(23-24-26)19(29)25-7-5-12(6-8-25)17(27)22-14-4-2-3-13(20)9-14/h2-4,9-10,12H,5-8H2,1H3,(H,21,28)(H,22,27). The number of aryl methyl sites for hydroxylation is 1. The first kappa shape index (κ1) is 18.8. The lowest BCUT2D eigenvalue weighted by Gasteiger charge is -2.30. The molecule has 2 amide bonds. The third-order valence-electron chi connectivity index (χ3n) is 4.98. The van der Waals surface area contributed by atoms with Crippen molar-refractivity contribution in [2.45, 2.75) is 19.8 Å². The number of benzene rings is 1. The van der Waals surface area contributed by atoms with Gasteiger partial charge in [-0.25, -0.2) is 8.91 Å². The van der Waals surface area contributed by atoms with Crippen LogP contribution in [0.2, 0.25) is 0 Å². The second-order valence-electron chi connectivity index (χ2n) is 7.06. The van der Waals surface area contributed by atoms with Gasteiger partial charge in [-0.15, -0.1) is 5.10 Å². The zero-order valence-corrected chi connectivity index (χ0v) is 15.7. The van der Waals surface area contributed by atoms with E-state index in [-0.39, 0.29) is 23.0 Å². The van der Waals surface area contributed by atoms with Crippen LogP contribution in [0.3, 0.4) is 0 Å². The minimum Gasteiger partial charge on any atom is -0.337 e. The lowest BCUT2D eigenvalue weighted by atomic mass is 9.95. The van der Waals surface area contributed by atoms with Crippen LogP contribution < -0.4 is 10.9 Å². The molecule has 1 aromatic carbocycles. The minimum atomic E-state index is -0.428. The summed E-state index contributed by atoms with van der Waals surface area (Å²) >= 11 is 0. The van der Waals surface area contributed by atoms with Gasteiger partial charge in [-0.1, -0.05) is 11.3 Å². The molecule has 1 saturated heterocycles. The Bertz CT molecular complexity index is 1150. The molecular formula is C19H19FN6O3. The summed E-state index contributed by atoms with van der Waals surface area (Å²) in [7, 11) is 0. The van der Waals surface area contributed by atoms with E-state index in [0.717, 1.165) is 0 Å². The van der Waals surface area contributed by atoms with E-state index >= 15 is 0 Å². The molecule has 0 unspecified atom stereocenters. The predicted octanol–water partition coefficient (Wildman–Crippen LogP) is 1.36. The maximum Gasteiger partial charge on any atom is 0.276 e. The fourth-order valence-corrected chi connectivity index (χ4v) is 3.50. The third-order valence-corrected chi connectivity index (χ3v) is 4.98. The first-order valence-electron chi connectivity index (χ1n) is 9.23. The first-order chi connectivity index (χ1) is 13.9. The van der Waals surface area contributed by atoms with Crippen molar-refractivity contribution in [2.75, 3.05) is 18.4 Å². The van der Waals surface area contributed by atoms with Crippen LogP contribution in [-0.2, 0) is 4.79 Å². The molecule has 0 bridgehead atoms. The van der Waals surface area contributed by atoms with E-state index in [4.69, 9.17) is 0 Å². The molecule has 2 aromatic heterocycles. The average molecular weight is 398 g/mol. The van der Waals surface area contributed by atoms with E-state index in [1.54, 1.807) is 24.1 Å². The normalized spacial score (nSPS) is 14.9. The highest BCUT2D eigenvalue weighted by Gasteiger charge is 2.30. The summed E-state index contributed by atoms with van der Waals surface area (Å²) in [6.07, 6.45) is 2.51. The van der Waals surface area contributed by atoms with Crippen molar-refractivity contribution in [2.24, 2.45) is 5.92 Å². The van der Waals surface area contributed by atoms with E-state index in [9.17, 15) is 18.8 Å². The number of nitrogens with one attached hydrogen (secondary N) is 2. The van der Waals surface area contributed by atoms with Crippen molar-refractivity contribution in [1.29, 1.82) is 0 Å². The van der Waals surface area contributed by atoms with Crippen molar-refractivity contribution in [3.05, 3.63) is 58.0 Å². The fraction of sp³-hybridized carbons (Fsp3) is 0.316. The molecule has 150 valence electrons. The Kier molecular flexibility index (Phi) is 4.83. The molecule has 1 fully saturated rings. The molecule has 9 nitrogen and oxygen atoms in total. The van der Waals surface area contributed by atoms with Gasteiger partial charge in [0.05, 0.1) is 6.20 Å². The Morgan fingerprint density at radius 1 is 1.28 bits per heavy atom. The molecule has 0 radical (unpaired) electrons. The number of likely N-dealkylation sites (tertiary alicyclic amines) is 1. The van der Waals surface area contributed by atoms with Gasteiger partial charge in [0.2, 0.25) is 5.91 Å². The van der Waals surface area contributed by atoms with Crippen molar-refractivity contribution in [1.82, 2.24) is 24.7 Å². The summed E-state index contributed by atoms with van der Waals surface area (Å²) in [4.78, 5) is 41.7. The number of fused-ring (bicyclic) bond motifs is 1. The number of hydrogen-bond acceptors (Lipinski definition) is 5. The summed E-state index contributed by atoms with van der Waals surface area (Å²) in [5.41, 5.74) is 0.679. The van der Waals surface area contributed by atoms with Crippen molar-refractivity contribution in [3.8, 4) is 0 Å². The Hall–Kier alpha value is -3.56. The summed E-state index contributed by atoms with van der Waals surface area (Å²) in [6.45, 7) is 2.41. The molecule has 3 aromatic rings. The van der Waals surface area contributed by atoms with Crippen LogP contribution in [-0.4, -0.2) is 49.6 Å². The number of aromatic amines is 1. The molecule has 0 aliphatic carbocycles. The lowest BCUT2D eigenvalue weighted by Crippen LogP contribution is -2.41. The number of carbonyl (C=O) groups is 2. The minimum absolute atomic E-state index is 0.00564. The van der Waals surface area contributed by atoms with Gasteiger partial charge in [-0.05, 0) is 38.0 Å². The van der Waals surface area contributed by atoms with Crippen molar-refractivity contribution < 1.29 is 14.0 Å². The van der Waals surface area contributed by atoms with Crippen molar-refractivity contribution in [3.63, 3.8) is 0 Å². The van der Waals surface area contributed by atoms with Crippen LogP contribution in [0.25, 0.3) is 5.52 Å². The zero-order chi connectivity index (χ0) is 20.5. The zero-order valence-electron chi connectivity index (χ0n) is 15.7. The second kappa shape index (κ2) is 7.46. The van der Waals surface area contributed by atoms with E-state index < -0.39 is 17.3 Å². The van der Waals surface area contributed by atoms with Crippen LogP contribution in [0.1, 0.15) is 29.0 Å². The molecule has 3 heterocycles. The number of halogens is 1. The number of carbonyl (C=O) groups excluding carboxylic acids is 2. The maximum absolute atomic E-state index is 13.3. The van der Waals surface area contributed by atoms with Gasteiger partial charge in [0.15, 0.2) is 11.2 Å². The van der Waals surface area contributed by atoms with Crippen LogP contribution in [0, 0.1) is 18.7 Å². The lowest BCUT2D eigenvalue weighted by molar-refractivity contribution is -0.121. The predicted molar refractivity (Wildman–Crippen MR) is 102 cm³/mol. The van der Waals surface area contributed by atoms with Gasteiger partial charge < -0.3 is 15.2 Å². The van der Waals surface area contributed by atoms with E-state index in [1.165, 1.54) is 22.7 Å². The summed E-state index contributed by atoms with van der Waals surface area (Å²) in [6, 6.07) is 5.71. The average Bonchev–Trinajstić information content (AvgIpc) is 3.11. The van der Waals surface area contributed by atoms with Gasteiger partial charge in [-0.2, -0.15) is 0 Å². The Morgan fingerprint density at radius 2 is 2.03 bits per heavy atom. The largest absolute Gasteiger partial charge is 0.337 e. The van der Waals surface area contributed by atoms with Gasteiger partial charge in [0.1, 0.15) is 5.82 Å². The Balaban J connectivity index is 1.42. The number of amides is 2. The number of rotatable bonds is 3. The number of anilines is 1. The van der Waals surface area contributed by atoms with Gasteiger partial charge >= 0.3 is 0 Å². The molecule has 0 saturated carbocycles. The van der Waals surface area contributed by atoms with Gasteiger partial charge in [0, 0.05) is 30.4 Å². The summed E-state index contributed by atoms with van der Waals surface area (Å²) in [5.74, 6) is -1.30. The molecule has 4 rings (SSSR count). The first-order valence-corrected chi connectivity index (χ1v) is 9.23. The fourth-order valence-electron chi connectivity index (χ4n) is 3.50. The number of nitrogens with zero attached hydrogens (tertiary/aromatic N) is 4. The van der Waals surface area contributed by atoms with E-state index in [0.29, 0.717) is 37.3 Å². The molecule has 0 atom stereocenters. The second-order valence-corrected chi connectivity index (χ2v) is 7.06. The topological polar surface area (TPSA) is 112 Å². The monoisotopic (exact) mass is 398 g/mol. The molecule has 29 heavy (non-hydrogen) atoms. The molecule has 1 aliphatic rings. The maximum atomic E-state index is 13.3. The van der Waals surface area contributed by atoms with Crippen LogP contribution in [0.15, 0.2) is 35.3 Å². The van der Waals surface area contributed by atoms with E-state index in [2.05, 4.69) is 20.6 Å². The SMILES string of the molecule is Cc1cn2nnc(C(=O)N3CCC(C(=O)Nc4cccc(F)c4)CC3)c2c(=O)[nH]1. The van der Waals surface area contributed by atoms with Gasteiger partial charge in [0.25, 0.3) is 11.5 Å². The van der Waals surface area contributed by atoms with Crippen LogP contribution >= 0.6 is 0 Å². The number of piperidine rings is 1. The smallest absolute Gasteiger partial charge is 0.276 e. The Morgan fingerprint density at radius 3 is 2.76 bits per heavy atom. The highest BCUT2D eigenvalue weighted by atomic mass is 19.1. The van der Waals surface area contributed by atoms with Crippen molar-refractivity contribution >= 4 is 23.0 Å². The molecule has 2 N–H and O–H groups in total. The third kappa shape index (κ3) is 3.73. The molecule has 0 spiro atoms. The highest BCUT2D eigenvalue weighted by molar-refractivity contribution is 5.98. The van der Waals surface area contributed by atoms with Crippen LogP contribution in [0.4, 0.5) is 10.1 Å². The Labute approximate surface area is 164 Å². The highest BCUT2D eigenvalue weighted by Crippen LogP contribution is 2.21. The summed E-state index contributed by atoms with van der Waals surface area (Å²) in [5, 5.41) is 10.4. The number of aromatic nitrogens is 4. The molecule has 10 heteroatoms. The molecular weight excluding hydrogens is 379 g/mol. The molecule has 1 aliphatic heterocycles.